The lowest BCUT2D eigenvalue weighted by Crippen LogP contribution is -2.28. The van der Waals surface area contributed by atoms with Crippen molar-refractivity contribution in [1.29, 1.82) is 0 Å². The molecule has 0 aromatic carbocycles. The molecule has 0 aliphatic rings. The summed E-state index contributed by atoms with van der Waals surface area (Å²) in [6.07, 6.45) is 5.50. The quantitative estimate of drug-likeness (QED) is 0.536. The van der Waals surface area contributed by atoms with Gasteiger partial charge < -0.3 is 5.32 Å². The Morgan fingerprint density at radius 2 is 2.40 bits per heavy atom. The van der Waals surface area contributed by atoms with Gasteiger partial charge in [-0.1, -0.05) is 0 Å². The van der Waals surface area contributed by atoms with Crippen molar-refractivity contribution in [2.24, 2.45) is 7.05 Å². The monoisotopic (exact) mass is 205 g/mol. The fraction of sp³-hybridized carbons (Fsp3) is 0.300. The predicted octanol–water partition coefficient (Wildman–Crippen LogP) is -0.467. The molecule has 0 saturated carbocycles. The van der Waals surface area contributed by atoms with Crippen LogP contribution in [0.2, 0.25) is 0 Å². The molecule has 0 spiro atoms. The highest BCUT2D eigenvalue weighted by Gasteiger charge is 2.06. The number of amides is 1. The Labute approximate surface area is 87.1 Å². The normalized spacial score (nSPS) is 9.33. The third-order valence-electron chi connectivity index (χ3n) is 1.75. The van der Waals surface area contributed by atoms with Crippen LogP contribution in [0, 0.1) is 12.3 Å². The summed E-state index contributed by atoms with van der Waals surface area (Å²) in [6, 6.07) is 2.68. The van der Waals surface area contributed by atoms with E-state index in [1.165, 1.54) is 19.2 Å². The second-order valence-corrected chi connectivity index (χ2v) is 2.89. The van der Waals surface area contributed by atoms with Gasteiger partial charge in [-0.25, -0.2) is 4.68 Å². The van der Waals surface area contributed by atoms with Crippen LogP contribution < -0.4 is 10.9 Å². The largest absolute Gasteiger partial charge is 0.350 e. The van der Waals surface area contributed by atoms with Crippen molar-refractivity contribution in [3.8, 4) is 12.3 Å². The van der Waals surface area contributed by atoms with Crippen LogP contribution in [0.1, 0.15) is 16.9 Å². The number of hydrogen-bond donors (Lipinski definition) is 1. The summed E-state index contributed by atoms with van der Waals surface area (Å²) in [5, 5.41) is 6.38. The van der Waals surface area contributed by atoms with Crippen LogP contribution in [0.15, 0.2) is 16.9 Å². The standard InChI is InChI=1S/C10H11N3O2/c1-3-4-7-11-10(15)8-5-6-9(14)13(2)12-8/h1,5-6H,4,7H2,2H3,(H,11,15). The Balaban J connectivity index is 2.71. The lowest BCUT2D eigenvalue weighted by Gasteiger charge is -2.02. The van der Waals surface area contributed by atoms with E-state index in [0.717, 1.165) is 4.68 Å². The second-order valence-electron chi connectivity index (χ2n) is 2.89. The zero-order chi connectivity index (χ0) is 11.3. The van der Waals surface area contributed by atoms with Gasteiger partial charge in [-0.15, -0.1) is 12.3 Å². The average molecular weight is 205 g/mol. The molecule has 1 rings (SSSR count). The minimum Gasteiger partial charge on any atom is -0.350 e. The van der Waals surface area contributed by atoms with E-state index in [1.54, 1.807) is 0 Å². The highest BCUT2D eigenvalue weighted by Crippen LogP contribution is 1.89. The van der Waals surface area contributed by atoms with Crippen molar-refractivity contribution >= 4 is 5.91 Å². The minimum absolute atomic E-state index is 0.203. The maximum absolute atomic E-state index is 11.4. The van der Waals surface area contributed by atoms with Crippen LogP contribution in [-0.2, 0) is 7.05 Å². The van der Waals surface area contributed by atoms with Gasteiger partial charge in [0.25, 0.3) is 11.5 Å². The Bertz CT molecular complexity index is 456. The first kappa shape index (κ1) is 11.0. The number of carbonyl (C=O) groups is 1. The lowest BCUT2D eigenvalue weighted by atomic mass is 10.3. The first-order chi connectivity index (χ1) is 7.15. The van der Waals surface area contributed by atoms with Gasteiger partial charge in [0.1, 0.15) is 5.69 Å². The van der Waals surface area contributed by atoms with E-state index < -0.39 is 0 Å². The van der Waals surface area contributed by atoms with Gasteiger partial charge in [0.2, 0.25) is 0 Å². The number of carbonyl (C=O) groups excluding carboxylic acids is 1. The topological polar surface area (TPSA) is 64.0 Å². The number of nitrogens with one attached hydrogen (secondary N) is 1. The first-order valence-electron chi connectivity index (χ1n) is 4.41. The molecule has 0 unspecified atom stereocenters. The Kier molecular flexibility index (Phi) is 3.63. The molecule has 1 heterocycles. The van der Waals surface area contributed by atoms with E-state index in [2.05, 4.69) is 16.3 Å². The Morgan fingerprint density at radius 1 is 1.67 bits per heavy atom. The van der Waals surface area contributed by atoms with Gasteiger partial charge >= 0.3 is 0 Å². The Morgan fingerprint density at radius 3 is 3.00 bits per heavy atom. The first-order valence-corrected chi connectivity index (χ1v) is 4.41. The molecule has 0 fully saturated rings. The van der Waals surface area contributed by atoms with Gasteiger partial charge in [-0.05, 0) is 6.07 Å². The number of aryl methyl sites for hydroxylation is 1. The van der Waals surface area contributed by atoms with E-state index in [0.29, 0.717) is 13.0 Å². The number of hydrogen-bond acceptors (Lipinski definition) is 3. The smallest absolute Gasteiger partial charge is 0.271 e. The minimum atomic E-state index is -0.333. The Hall–Kier alpha value is -2.09. The number of aromatic nitrogens is 2. The van der Waals surface area contributed by atoms with Crippen LogP contribution >= 0.6 is 0 Å². The summed E-state index contributed by atoms with van der Waals surface area (Å²) in [6.45, 7) is 0.403. The number of terminal acetylenes is 1. The van der Waals surface area contributed by atoms with Gasteiger partial charge in [0, 0.05) is 26.1 Å². The molecule has 1 amide bonds. The molecule has 1 aromatic heterocycles. The second kappa shape index (κ2) is 4.96. The van der Waals surface area contributed by atoms with Crippen LogP contribution in [-0.4, -0.2) is 22.2 Å². The van der Waals surface area contributed by atoms with Gasteiger partial charge in [-0.2, -0.15) is 5.10 Å². The molecule has 5 nitrogen and oxygen atoms in total. The van der Waals surface area contributed by atoms with Crippen molar-refractivity contribution in [2.45, 2.75) is 6.42 Å². The molecule has 78 valence electrons. The van der Waals surface area contributed by atoms with Gasteiger partial charge in [-0.3, -0.25) is 9.59 Å². The van der Waals surface area contributed by atoms with Crippen LogP contribution in [0.3, 0.4) is 0 Å². The molecule has 15 heavy (non-hydrogen) atoms. The van der Waals surface area contributed by atoms with Crippen molar-refractivity contribution in [3.05, 3.63) is 28.2 Å². The van der Waals surface area contributed by atoms with E-state index in [1.807, 2.05) is 0 Å². The predicted molar refractivity (Wildman–Crippen MR) is 55.3 cm³/mol. The average Bonchev–Trinajstić information content (AvgIpc) is 2.22. The molecule has 0 aliphatic heterocycles. The summed E-state index contributed by atoms with van der Waals surface area (Å²) in [5.41, 5.74) is -0.0516. The van der Waals surface area contributed by atoms with Crippen molar-refractivity contribution < 1.29 is 4.79 Å². The lowest BCUT2D eigenvalue weighted by molar-refractivity contribution is 0.0947. The fourth-order valence-electron chi connectivity index (χ4n) is 0.962. The third-order valence-corrected chi connectivity index (χ3v) is 1.75. The van der Waals surface area contributed by atoms with Crippen LogP contribution in [0.5, 0.6) is 0 Å². The number of rotatable bonds is 3. The fourth-order valence-corrected chi connectivity index (χ4v) is 0.962. The molecule has 0 aliphatic carbocycles. The van der Waals surface area contributed by atoms with Crippen LogP contribution in [0.25, 0.3) is 0 Å². The molecule has 0 atom stereocenters. The van der Waals surface area contributed by atoms with Crippen molar-refractivity contribution in [3.63, 3.8) is 0 Å². The SMILES string of the molecule is C#CCCNC(=O)c1ccc(=O)n(C)n1. The molecular weight excluding hydrogens is 194 g/mol. The summed E-state index contributed by atoms with van der Waals surface area (Å²) in [5.74, 6) is 2.07. The van der Waals surface area contributed by atoms with E-state index >= 15 is 0 Å². The molecular formula is C10H11N3O2. The highest BCUT2D eigenvalue weighted by atomic mass is 16.2. The highest BCUT2D eigenvalue weighted by molar-refractivity contribution is 5.91. The van der Waals surface area contributed by atoms with Gasteiger partial charge in [0.05, 0.1) is 0 Å². The zero-order valence-corrected chi connectivity index (χ0v) is 8.36. The summed E-state index contributed by atoms with van der Waals surface area (Å²) < 4.78 is 1.11. The molecule has 0 saturated heterocycles. The van der Waals surface area contributed by atoms with Gasteiger partial charge in [0.15, 0.2) is 0 Å². The van der Waals surface area contributed by atoms with E-state index in [9.17, 15) is 9.59 Å². The number of nitrogens with zero attached hydrogens (tertiary/aromatic N) is 2. The maximum atomic E-state index is 11.4. The summed E-state index contributed by atoms with van der Waals surface area (Å²) in [7, 11) is 1.49. The maximum Gasteiger partial charge on any atom is 0.271 e. The zero-order valence-electron chi connectivity index (χ0n) is 8.36. The van der Waals surface area contributed by atoms with Crippen LogP contribution in [0.4, 0.5) is 0 Å². The van der Waals surface area contributed by atoms with E-state index in [-0.39, 0.29) is 17.2 Å². The molecule has 0 bridgehead atoms. The summed E-state index contributed by atoms with van der Waals surface area (Å²) >= 11 is 0. The third kappa shape index (κ3) is 2.95. The molecule has 1 aromatic rings. The van der Waals surface area contributed by atoms with Crippen molar-refractivity contribution in [1.82, 2.24) is 15.1 Å². The molecule has 1 N–H and O–H groups in total. The van der Waals surface area contributed by atoms with Crippen molar-refractivity contribution in [2.75, 3.05) is 6.54 Å². The molecule has 5 heteroatoms. The molecule has 0 radical (unpaired) electrons. The summed E-state index contributed by atoms with van der Waals surface area (Å²) in [4.78, 5) is 22.4. The van der Waals surface area contributed by atoms with E-state index in [4.69, 9.17) is 6.42 Å².